The lowest BCUT2D eigenvalue weighted by Gasteiger charge is -2.07. The van der Waals surface area contributed by atoms with Gasteiger partial charge in [-0.1, -0.05) is 11.6 Å². The number of nitrogen functional groups attached to an aromatic ring is 1. The van der Waals surface area contributed by atoms with Gasteiger partial charge in [-0.25, -0.2) is 9.97 Å². The molecule has 0 saturated heterocycles. The first-order valence-corrected chi connectivity index (χ1v) is 7.48. The van der Waals surface area contributed by atoms with E-state index in [0.29, 0.717) is 23.4 Å². The number of ether oxygens (including phenoxy) is 1. The molecule has 23 heavy (non-hydrogen) atoms. The van der Waals surface area contributed by atoms with Gasteiger partial charge in [-0.15, -0.1) is 0 Å². The number of nitrogens with two attached hydrogens (primary N) is 1. The Hall–Kier alpha value is -2.41. The van der Waals surface area contributed by atoms with Crippen LogP contribution in [0.5, 0.6) is 0 Å². The zero-order valence-electron chi connectivity index (χ0n) is 12.4. The minimum absolute atomic E-state index is 0.0774. The van der Waals surface area contributed by atoms with Crippen LogP contribution in [-0.4, -0.2) is 28.5 Å². The number of amides is 1. The van der Waals surface area contributed by atoms with Crippen molar-refractivity contribution in [2.45, 2.75) is 13.3 Å². The van der Waals surface area contributed by atoms with Gasteiger partial charge in [0.1, 0.15) is 16.8 Å². The van der Waals surface area contributed by atoms with E-state index in [4.69, 9.17) is 22.1 Å². The van der Waals surface area contributed by atoms with E-state index in [1.165, 1.54) is 6.92 Å². The topological polar surface area (TPSA) is 107 Å². The Morgan fingerprint density at radius 2 is 2.26 bits per heavy atom. The van der Waals surface area contributed by atoms with Crippen LogP contribution in [0.15, 0.2) is 18.3 Å². The fraction of sp³-hybridized carbons (Fsp3) is 0.333. The summed E-state index contributed by atoms with van der Waals surface area (Å²) in [6.45, 7) is 1.62. The van der Waals surface area contributed by atoms with Crippen LogP contribution in [0.1, 0.15) is 13.3 Å². The van der Waals surface area contributed by atoms with Crippen molar-refractivity contribution in [1.82, 2.24) is 9.97 Å². The largest absolute Gasteiger partial charge is 0.466 e. The summed E-state index contributed by atoms with van der Waals surface area (Å²) in [6, 6.07) is 3.35. The van der Waals surface area contributed by atoms with Crippen LogP contribution in [0.3, 0.4) is 0 Å². The summed E-state index contributed by atoms with van der Waals surface area (Å²) >= 11 is 5.88. The first-order chi connectivity index (χ1) is 10.9. The molecule has 1 aliphatic rings. The molecule has 1 saturated carbocycles. The Morgan fingerprint density at radius 3 is 3.00 bits per heavy atom. The molecule has 0 bridgehead atoms. The lowest BCUT2D eigenvalue weighted by molar-refractivity contribution is -0.141. The van der Waals surface area contributed by atoms with Crippen LogP contribution >= 0.6 is 11.6 Å². The van der Waals surface area contributed by atoms with Gasteiger partial charge in [0.25, 0.3) is 0 Å². The molecule has 2 aromatic rings. The number of halogens is 1. The Kier molecular flexibility index (Phi) is 4.04. The average Bonchev–Trinajstić information content (AvgIpc) is 3.24. The highest BCUT2D eigenvalue weighted by molar-refractivity contribution is 6.30. The number of fused-ring (bicyclic) bond motifs is 1. The number of nitrogens with zero attached hydrogens (tertiary/aromatic N) is 2. The molecule has 2 aromatic heterocycles. The summed E-state index contributed by atoms with van der Waals surface area (Å²) < 4.78 is 4.91. The first kappa shape index (κ1) is 15.5. The third-order valence-electron chi connectivity index (χ3n) is 3.73. The summed E-state index contributed by atoms with van der Waals surface area (Å²) in [5.74, 6) is 0.160. The van der Waals surface area contributed by atoms with Crippen molar-refractivity contribution in [3.63, 3.8) is 0 Å². The monoisotopic (exact) mass is 334 g/mol. The molecule has 8 heteroatoms. The number of hydrogen-bond donors (Lipinski definition) is 2. The molecular weight excluding hydrogens is 320 g/mol. The number of carbonyl (C=O) groups excluding carboxylic acids is 2. The maximum absolute atomic E-state index is 12.1. The molecule has 1 fully saturated rings. The van der Waals surface area contributed by atoms with Crippen molar-refractivity contribution >= 4 is 45.9 Å². The molecular formula is C15H15ClN4O3. The number of carbonyl (C=O) groups is 2. The number of rotatable bonds is 4. The third-order valence-corrected chi connectivity index (χ3v) is 3.92. The number of esters is 1. The number of anilines is 2. The standard InChI is InChI=1S/C15H15ClN4O3/c1-7(21)23-6-9-2-10(9)15(22)20-13-4-8-3-12(16)19-14(17)11(8)5-18-13/h3-5,9-10H,2,6H2,1H3,(H2,17,19)(H,18,20,22)/t9-,10+/m1/s1. The molecule has 2 heterocycles. The quantitative estimate of drug-likeness (QED) is 0.654. The van der Waals surface area contributed by atoms with Crippen LogP contribution in [-0.2, 0) is 14.3 Å². The van der Waals surface area contributed by atoms with Gasteiger partial charge in [0.2, 0.25) is 5.91 Å². The van der Waals surface area contributed by atoms with Gasteiger partial charge >= 0.3 is 5.97 Å². The third kappa shape index (κ3) is 3.50. The van der Waals surface area contributed by atoms with E-state index in [1.54, 1.807) is 18.3 Å². The predicted molar refractivity (Wildman–Crippen MR) is 85.8 cm³/mol. The summed E-state index contributed by atoms with van der Waals surface area (Å²) in [5.41, 5.74) is 5.78. The highest BCUT2D eigenvalue weighted by atomic mass is 35.5. The van der Waals surface area contributed by atoms with E-state index in [9.17, 15) is 9.59 Å². The van der Waals surface area contributed by atoms with Crippen molar-refractivity contribution in [3.05, 3.63) is 23.5 Å². The molecule has 0 aromatic carbocycles. The smallest absolute Gasteiger partial charge is 0.302 e. The number of aromatic nitrogens is 2. The van der Waals surface area contributed by atoms with Crippen LogP contribution < -0.4 is 11.1 Å². The van der Waals surface area contributed by atoms with E-state index in [0.717, 1.165) is 5.39 Å². The molecule has 1 aliphatic carbocycles. The van der Waals surface area contributed by atoms with Gasteiger partial charge in [-0.2, -0.15) is 0 Å². The fourth-order valence-corrected chi connectivity index (χ4v) is 2.61. The van der Waals surface area contributed by atoms with Crippen molar-refractivity contribution in [2.24, 2.45) is 11.8 Å². The maximum atomic E-state index is 12.1. The van der Waals surface area contributed by atoms with Gasteiger partial charge in [0, 0.05) is 30.3 Å². The zero-order chi connectivity index (χ0) is 16.6. The lowest BCUT2D eigenvalue weighted by atomic mass is 10.2. The van der Waals surface area contributed by atoms with Gasteiger partial charge in [0.15, 0.2) is 0 Å². The Balaban J connectivity index is 1.68. The van der Waals surface area contributed by atoms with Gasteiger partial charge in [-0.3, -0.25) is 9.59 Å². The molecule has 7 nitrogen and oxygen atoms in total. The lowest BCUT2D eigenvalue weighted by Crippen LogP contribution is -2.17. The molecule has 0 spiro atoms. The minimum atomic E-state index is -0.338. The van der Waals surface area contributed by atoms with Crippen molar-refractivity contribution in [1.29, 1.82) is 0 Å². The molecule has 120 valence electrons. The molecule has 0 radical (unpaired) electrons. The van der Waals surface area contributed by atoms with E-state index >= 15 is 0 Å². The van der Waals surface area contributed by atoms with Crippen molar-refractivity contribution in [2.75, 3.05) is 17.7 Å². The Morgan fingerprint density at radius 1 is 1.48 bits per heavy atom. The SMILES string of the molecule is CC(=O)OC[C@H]1C[C@@H]1C(=O)Nc1cc2cc(Cl)nc(N)c2cn1. The van der Waals surface area contributed by atoms with E-state index < -0.39 is 0 Å². The normalized spacial score (nSPS) is 19.4. The Labute approximate surface area is 137 Å². The van der Waals surface area contributed by atoms with Crippen LogP contribution in [0, 0.1) is 11.8 Å². The van der Waals surface area contributed by atoms with Crippen molar-refractivity contribution in [3.8, 4) is 0 Å². The predicted octanol–water partition coefficient (Wildman–Crippen LogP) is 2.00. The van der Waals surface area contributed by atoms with Crippen LogP contribution in [0.4, 0.5) is 11.6 Å². The van der Waals surface area contributed by atoms with E-state index in [2.05, 4.69) is 15.3 Å². The average molecular weight is 335 g/mol. The van der Waals surface area contributed by atoms with E-state index in [-0.39, 0.29) is 35.5 Å². The summed E-state index contributed by atoms with van der Waals surface area (Å²) in [7, 11) is 0. The molecule has 2 atom stereocenters. The summed E-state index contributed by atoms with van der Waals surface area (Å²) in [5, 5.41) is 4.46. The van der Waals surface area contributed by atoms with Gasteiger partial charge in [-0.05, 0) is 23.9 Å². The van der Waals surface area contributed by atoms with Crippen molar-refractivity contribution < 1.29 is 14.3 Å². The number of pyridine rings is 2. The molecule has 3 rings (SSSR count). The van der Waals surface area contributed by atoms with Gasteiger partial charge in [0.05, 0.1) is 6.61 Å². The number of nitrogens with one attached hydrogen (secondary N) is 1. The molecule has 3 N–H and O–H groups in total. The Bertz CT molecular complexity index is 796. The highest BCUT2D eigenvalue weighted by Crippen LogP contribution is 2.39. The summed E-state index contributed by atoms with van der Waals surface area (Å²) in [4.78, 5) is 31.0. The second-order valence-electron chi connectivity index (χ2n) is 5.52. The maximum Gasteiger partial charge on any atom is 0.302 e. The zero-order valence-corrected chi connectivity index (χ0v) is 13.1. The fourth-order valence-electron chi connectivity index (χ4n) is 2.40. The molecule has 0 aliphatic heterocycles. The van der Waals surface area contributed by atoms with Crippen LogP contribution in [0.25, 0.3) is 10.8 Å². The molecule has 1 amide bonds. The highest BCUT2D eigenvalue weighted by Gasteiger charge is 2.43. The summed E-state index contributed by atoms with van der Waals surface area (Å²) in [6.07, 6.45) is 2.25. The first-order valence-electron chi connectivity index (χ1n) is 7.10. The second-order valence-corrected chi connectivity index (χ2v) is 5.90. The minimum Gasteiger partial charge on any atom is -0.466 e. The van der Waals surface area contributed by atoms with Crippen LogP contribution in [0.2, 0.25) is 5.15 Å². The van der Waals surface area contributed by atoms with E-state index in [1.807, 2.05) is 0 Å². The van der Waals surface area contributed by atoms with Gasteiger partial charge < -0.3 is 15.8 Å². The number of hydrogen-bond acceptors (Lipinski definition) is 6. The molecule has 0 unspecified atom stereocenters. The second kappa shape index (κ2) is 6.00.